The number of amides is 1. The number of nitrogens with two attached hydrogens (primary N) is 1. The molecule has 7 heteroatoms. The zero-order valence-corrected chi connectivity index (χ0v) is 17.4. The maximum atomic E-state index is 13.4. The molecule has 0 spiro atoms. The molecule has 3 aromatic carbocycles. The van der Waals surface area contributed by atoms with Gasteiger partial charge in [-0.2, -0.15) is 0 Å². The number of benzene rings is 3. The first-order chi connectivity index (χ1) is 14.5. The van der Waals surface area contributed by atoms with Crippen LogP contribution in [0.4, 0.5) is 11.4 Å². The van der Waals surface area contributed by atoms with E-state index >= 15 is 0 Å². The lowest BCUT2D eigenvalue weighted by Crippen LogP contribution is -2.45. The van der Waals surface area contributed by atoms with Crippen LogP contribution in [0.25, 0.3) is 5.70 Å². The van der Waals surface area contributed by atoms with Crippen molar-refractivity contribution in [1.29, 1.82) is 0 Å². The number of halogens is 1. The van der Waals surface area contributed by atoms with Gasteiger partial charge in [-0.05, 0) is 59.7 Å². The van der Waals surface area contributed by atoms with Crippen LogP contribution >= 0.6 is 23.8 Å². The van der Waals surface area contributed by atoms with E-state index in [1.54, 1.807) is 36.4 Å². The van der Waals surface area contributed by atoms with E-state index in [1.807, 2.05) is 42.5 Å². The molecular weight excluding hydrogens is 416 g/mol. The smallest absolute Gasteiger partial charge is 0.256 e. The summed E-state index contributed by atoms with van der Waals surface area (Å²) in [7, 11) is 0. The fourth-order valence-electron chi connectivity index (χ4n) is 3.31. The van der Waals surface area contributed by atoms with Crippen LogP contribution in [0.15, 0.2) is 84.4 Å². The molecule has 0 aromatic heterocycles. The zero-order valence-electron chi connectivity index (χ0n) is 15.9. The van der Waals surface area contributed by atoms with E-state index in [0.29, 0.717) is 32.8 Å². The van der Waals surface area contributed by atoms with Gasteiger partial charge in [0.05, 0.1) is 17.3 Å². The Hall–Kier alpha value is -3.35. The van der Waals surface area contributed by atoms with Crippen LogP contribution < -0.4 is 21.7 Å². The Morgan fingerprint density at radius 2 is 1.63 bits per heavy atom. The first kappa shape index (κ1) is 19.9. The van der Waals surface area contributed by atoms with Gasteiger partial charge in [0.25, 0.3) is 5.91 Å². The lowest BCUT2D eigenvalue weighted by atomic mass is 9.92. The molecule has 0 radical (unpaired) electrons. The van der Waals surface area contributed by atoms with Crippen LogP contribution in [0, 0.1) is 0 Å². The normalized spacial score (nSPS) is 15.9. The van der Waals surface area contributed by atoms with Gasteiger partial charge < -0.3 is 21.7 Å². The number of hydrogen-bond donors (Lipinski definition) is 4. The summed E-state index contributed by atoms with van der Waals surface area (Å²) >= 11 is 11.5. The Morgan fingerprint density at radius 1 is 0.967 bits per heavy atom. The summed E-state index contributed by atoms with van der Waals surface area (Å²) in [5.74, 6) is -0.249. The zero-order chi connectivity index (χ0) is 21.1. The first-order valence-electron chi connectivity index (χ1n) is 9.31. The number of carbonyl (C=O) groups is 1. The molecule has 0 fully saturated rings. The summed E-state index contributed by atoms with van der Waals surface area (Å²) in [5.41, 5.74) is 9.95. The van der Waals surface area contributed by atoms with Crippen LogP contribution in [-0.4, -0.2) is 11.0 Å². The second-order valence-corrected chi connectivity index (χ2v) is 7.66. The minimum absolute atomic E-state index is 0.249. The van der Waals surface area contributed by atoms with E-state index in [9.17, 15) is 4.79 Å². The van der Waals surface area contributed by atoms with E-state index in [-0.39, 0.29) is 5.91 Å². The van der Waals surface area contributed by atoms with Crippen molar-refractivity contribution in [1.82, 2.24) is 10.6 Å². The highest BCUT2D eigenvalue weighted by Gasteiger charge is 2.32. The van der Waals surface area contributed by atoms with Crippen molar-refractivity contribution in [3.05, 3.63) is 101 Å². The van der Waals surface area contributed by atoms with Gasteiger partial charge in [-0.1, -0.05) is 54.1 Å². The highest BCUT2D eigenvalue weighted by molar-refractivity contribution is 7.80. The largest absolute Gasteiger partial charge is 0.399 e. The molecule has 1 amide bonds. The van der Waals surface area contributed by atoms with Crippen molar-refractivity contribution < 1.29 is 4.79 Å². The third-order valence-electron chi connectivity index (χ3n) is 4.75. The monoisotopic (exact) mass is 434 g/mol. The maximum absolute atomic E-state index is 13.4. The minimum atomic E-state index is -0.444. The van der Waals surface area contributed by atoms with E-state index in [4.69, 9.17) is 29.6 Å². The summed E-state index contributed by atoms with van der Waals surface area (Å²) in [5, 5.41) is 10.4. The van der Waals surface area contributed by atoms with Gasteiger partial charge in [-0.15, -0.1) is 0 Å². The molecular formula is C23H19ClN4OS. The summed E-state index contributed by atoms with van der Waals surface area (Å²) in [6.07, 6.45) is 0. The summed E-state index contributed by atoms with van der Waals surface area (Å²) < 4.78 is 0. The average Bonchev–Trinajstić information content (AvgIpc) is 2.76. The van der Waals surface area contributed by atoms with Crippen molar-refractivity contribution in [3.8, 4) is 0 Å². The van der Waals surface area contributed by atoms with E-state index in [2.05, 4.69) is 16.0 Å². The van der Waals surface area contributed by atoms with Gasteiger partial charge in [0.15, 0.2) is 5.11 Å². The van der Waals surface area contributed by atoms with Crippen LogP contribution in [0.1, 0.15) is 17.2 Å². The molecule has 4 rings (SSSR count). The molecule has 0 bridgehead atoms. The van der Waals surface area contributed by atoms with E-state index in [1.165, 1.54) is 0 Å². The van der Waals surface area contributed by atoms with E-state index < -0.39 is 6.04 Å². The Kier molecular flexibility index (Phi) is 5.70. The Bertz CT molecular complexity index is 1110. The van der Waals surface area contributed by atoms with Crippen LogP contribution in [0.3, 0.4) is 0 Å². The van der Waals surface area contributed by atoms with Crippen molar-refractivity contribution in [2.24, 2.45) is 0 Å². The summed E-state index contributed by atoms with van der Waals surface area (Å²) in [6, 6.07) is 23.6. The van der Waals surface area contributed by atoms with Crippen molar-refractivity contribution in [2.75, 3.05) is 11.1 Å². The number of thiocarbonyl (C=S) groups is 1. The van der Waals surface area contributed by atoms with Gasteiger partial charge in [0.1, 0.15) is 0 Å². The minimum Gasteiger partial charge on any atom is -0.399 e. The molecule has 3 aromatic rings. The predicted octanol–water partition coefficient (Wildman–Crippen LogP) is 4.49. The number of nitrogens with one attached hydrogen (secondary N) is 3. The molecule has 1 atom stereocenters. The highest BCUT2D eigenvalue weighted by Crippen LogP contribution is 2.32. The maximum Gasteiger partial charge on any atom is 0.256 e. The Morgan fingerprint density at radius 3 is 2.30 bits per heavy atom. The summed E-state index contributed by atoms with van der Waals surface area (Å²) in [6.45, 7) is 0. The molecule has 5 nitrogen and oxygen atoms in total. The van der Waals surface area contributed by atoms with Crippen molar-refractivity contribution >= 4 is 51.9 Å². The average molecular weight is 435 g/mol. The number of carbonyl (C=O) groups excluding carboxylic acids is 1. The molecule has 1 heterocycles. The van der Waals surface area contributed by atoms with Crippen LogP contribution in [0.2, 0.25) is 5.02 Å². The molecule has 1 aliphatic heterocycles. The van der Waals surface area contributed by atoms with Crippen molar-refractivity contribution in [3.63, 3.8) is 0 Å². The third kappa shape index (κ3) is 4.30. The molecule has 1 unspecified atom stereocenters. The molecule has 0 saturated carbocycles. The predicted molar refractivity (Wildman–Crippen MR) is 126 cm³/mol. The lowest BCUT2D eigenvalue weighted by Gasteiger charge is -2.31. The van der Waals surface area contributed by atoms with Gasteiger partial charge in [0.2, 0.25) is 0 Å². The molecule has 30 heavy (non-hydrogen) atoms. The second-order valence-electron chi connectivity index (χ2n) is 6.81. The molecule has 1 aliphatic rings. The fraction of sp³-hybridized carbons (Fsp3) is 0.0435. The SMILES string of the molecule is Nc1ccc(NC(=O)C2=C(c3ccccc3)NC(=S)NC2c2ccc(Cl)cc2)cc1. The van der Waals surface area contributed by atoms with Gasteiger partial charge in [0, 0.05) is 16.4 Å². The van der Waals surface area contributed by atoms with E-state index in [0.717, 1.165) is 11.1 Å². The topological polar surface area (TPSA) is 79.2 Å². The molecule has 0 saturated heterocycles. The van der Waals surface area contributed by atoms with Gasteiger partial charge >= 0.3 is 0 Å². The molecule has 5 N–H and O–H groups in total. The quantitative estimate of drug-likeness (QED) is 0.359. The number of hydrogen-bond acceptors (Lipinski definition) is 3. The third-order valence-corrected chi connectivity index (χ3v) is 5.22. The Labute approximate surface area is 184 Å². The number of nitrogen functional groups attached to an aromatic ring is 1. The van der Waals surface area contributed by atoms with Gasteiger partial charge in [-0.25, -0.2) is 0 Å². The Balaban J connectivity index is 1.81. The van der Waals surface area contributed by atoms with Crippen LogP contribution in [0.5, 0.6) is 0 Å². The lowest BCUT2D eigenvalue weighted by molar-refractivity contribution is -0.113. The standard InChI is InChI=1S/C23H19ClN4OS/c24-16-8-6-15(7-9-16)21-19(22(29)26-18-12-10-17(25)11-13-18)20(27-23(30)28-21)14-4-2-1-3-5-14/h1-13,21H,25H2,(H,26,29)(H2,27,28,30). The summed E-state index contributed by atoms with van der Waals surface area (Å²) in [4.78, 5) is 13.4. The molecule has 0 aliphatic carbocycles. The number of rotatable bonds is 4. The first-order valence-corrected chi connectivity index (χ1v) is 10.1. The fourth-order valence-corrected chi connectivity index (χ4v) is 3.66. The van der Waals surface area contributed by atoms with Crippen LogP contribution in [-0.2, 0) is 4.79 Å². The van der Waals surface area contributed by atoms with Gasteiger partial charge in [-0.3, -0.25) is 4.79 Å². The second kappa shape index (κ2) is 8.57. The highest BCUT2D eigenvalue weighted by atomic mass is 35.5. The molecule has 150 valence electrons. The van der Waals surface area contributed by atoms with Crippen molar-refractivity contribution in [2.45, 2.75) is 6.04 Å². The number of anilines is 2.